The van der Waals surface area contributed by atoms with Crippen LogP contribution < -0.4 is 5.32 Å². The van der Waals surface area contributed by atoms with Gasteiger partial charge in [0.25, 0.3) is 0 Å². The molecule has 20 heavy (non-hydrogen) atoms. The van der Waals surface area contributed by atoms with E-state index in [9.17, 15) is 9.59 Å². The SMILES string of the molecule is CCc1cc(/C=C/C(=O)O)ccc1NC(=O)C(C)(C)C. The van der Waals surface area contributed by atoms with Crippen molar-refractivity contribution in [1.29, 1.82) is 0 Å². The van der Waals surface area contributed by atoms with Crippen LogP contribution in [-0.2, 0) is 16.0 Å². The molecule has 2 N–H and O–H groups in total. The molecule has 0 saturated heterocycles. The van der Waals surface area contributed by atoms with Crippen molar-refractivity contribution in [3.05, 3.63) is 35.4 Å². The summed E-state index contributed by atoms with van der Waals surface area (Å²) in [6, 6.07) is 5.48. The zero-order chi connectivity index (χ0) is 15.3. The van der Waals surface area contributed by atoms with E-state index in [4.69, 9.17) is 5.11 Å². The first-order chi connectivity index (χ1) is 9.24. The van der Waals surface area contributed by atoms with Crippen LogP contribution in [0.4, 0.5) is 5.69 Å². The van der Waals surface area contributed by atoms with Gasteiger partial charge in [-0.15, -0.1) is 0 Å². The smallest absolute Gasteiger partial charge is 0.328 e. The number of rotatable bonds is 4. The average Bonchev–Trinajstić information content (AvgIpc) is 2.36. The second-order valence-electron chi connectivity index (χ2n) is 5.65. The van der Waals surface area contributed by atoms with E-state index in [1.165, 1.54) is 6.08 Å². The molecule has 1 aromatic carbocycles. The highest BCUT2D eigenvalue weighted by Gasteiger charge is 2.21. The van der Waals surface area contributed by atoms with Crippen LogP contribution in [0.5, 0.6) is 0 Å². The molecule has 4 nitrogen and oxygen atoms in total. The van der Waals surface area contributed by atoms with Crippen LogP contribution in [0.15, 0.2) is 24.3 Å². The van der Waals surface area contributed by atoms with E-state index in [1.807, 2.05) is 39.8 Å². The number of benzene rings is 1. The van der Waals surface area contributed by atoms with Crippen LogP contribution in [0.3, 0.4) is 0 Å². The molecule has 0 saturated carbocycles. The van der Waals surface area contributed by atoms with E-state index in [2.05, 4.69) is 5.32 Å². The summed E-state index contributed by atoms with van der Waals surface area (Å²) in [7, 11) is 0. The zero-order valence-corrected chi connectivity index (χ0v) is 12.4. The van der Waals surface area contributed by atoms with E-state index in [0.717, 1.165) is 29.3 Å². The lowest BCUT2D eigenvalue weighted by Gasteiger charge is -2.19. The van der Waals surface area contributed by atoms with Crippen molar-refractivity contribution < 1.29 is 14.7 Å². The van der Waals surface area contributed by atoms with Crippen LogP contribution in [0.25, 0.3) is 6.08 Å². The number of nitrogens with one attached hydrogen (secondary N) is 1. The second kappa shape index (κ2) is 6.37. The summed E-state index contributed by atoms with van der Waals surface area (Å²) < 4.78 is 0. The molecule has 1 aromatic rings. The minimum absolute atomic E-state index is 0.0407. The number of aryl methyl sites for hydroxylation is 1. The lowest BCUT2D eigenvalue weighted by Crippen LogP contribution is -2.28. The van der Waals surface area contributed by atoms with Crippen molar-refractivity contribution in [2.75, 3.05) is 5.32 Å². The Kier molecular flexibility index (Phi) is 5.08. The number of carboxylic acid groups (broad SMARTS) is 1. The molecule has 0 radical (unpaired) electrons. The minimum atomic E-state index is -0.979. The van der Waals surface area contributed by atoms with Gasteiger partial charge in [-0.2, -0.15) is 0 Å². The fourth-order valence-corrected chi connectivity index (χ4v) is 1.61. The highest BCUT2D eigenvalue weighted by Crippen LogP contribution is 2.22. The van der Waals surface area contributed by atoms with Crippen LogP contribution >= 0.6 is 0 Å². The molecular formula is C16H21NO3. The molecule has 0 bridgehead atoms. The van der Waals surface area contributed by atoms with Crippen molar-refractivity contribution in [1.82, 2.24) is 0 Å². The van der Waals surface area contributed by atoms with Gasteiger partial charge in [0.05, 0.1) is 0 Å². The van der Waals surface area contributed by atoms with E-state index in [1.54, 1.807) is 6.07 Å². The van der Waals surface area contributed by atoms with Crippen LogP contribution in [0.2, 0.25) is 0 Å². The summed E-state index contributed by atoms with van der Waals surface area (Å²) in [5, 5.41) is 11.5. The Morgan fingerprint density at radius 3 is 2.45 bits per heavy atom. The third-order valence-electron chi connectivity index (χ3n) is 2.86. The molecule has 1 rings (SSSR count). The fraction of sp³-hybridized carbons (Fsp3) is 0.375. The summed E-state index contributed by atoms with van der Waals surface area (Å²) in [6.45, 7) is 7.57. The maximum Gasteiger partial charge on any atom is 0.328 e. The molecule has 0 unspecified atom stereocenters. The first kappa shape index (κ1) is 16.0. The van der Waals surface area contributed by atoms with Gasteiger partial charge in [0.2, 0.25) is 5.91 Å². The highest BCUT2D eigenvalue weighted by atomic mass is 16.4. The molecule has 0 aliphatic rings. The summed E-state index contributed by atoms with van der Waals surface area (Å²) in [5.74, 6) is -1.02. The number of amides is 1. The van der Waals surface area contributed by atoms with Crippen molar-refractivity contribution in [3.63, 3.8) is 0 Å². The third kappa shape index (κ3) is 4.53. The predicted octanol–water partition coefficient (Wildman–Crippen LogP) is 3.33. The Bertz CT molecular complexity index is 539. The van der Waals surface area contributed by atoms with Crippen LogP contribution in [0, 0.1) is 5.41 Å². The number of aliphatic carboxylic acids is 1. The van der Waals surface area contributed by atoms with Gasteiger partial charge in [0.1, 0.15) is 0 Å². The lowest BCUT2D eigenvalue weighted by atomic mass is 9.95. The van der Waals surface area contributed by atoms with Gasteiger partial charge in [-0.3, -0.25) is 4.79 Å². The standard InChI is InChI=1S/C16H21NO3/c1-5-12-10-11(7-9-14(18)19)6-8-13(12)17-15(20)16(2,3)4/h6-10H,5H2,1-4H3,(H,17,20)(H,18,19)/b9-7+. The van der Waals surface area contributed by atoms with Gasteiger partial charge in [-0.1, -0.05) is 33.8 Å². The van der Waals surface area contributed by atoms with E-state index >= 15 is 0 Å². The minimum Gasteiger partial charge on any atom is -0.478 e. The Labute approximate surface area is 119 Å². The number of hydrogen-bond acceptors (Lipinski definition) is 2. The topological polar surface area (TPSA) is 66.4 Å². The molecule has 0 aliphatic heterocycles. The lowest BCUT2D eigenvalue weighted by molar-refractivity contribution is -0.131. The van der Waals surface area contributed by atoms with Crippen LogP contribution in [0.1, 0.15) is 38.8 Å². The number of carbonyl (C=O) groups excluding carboxylic acids is 1. The van der Waals surface area contributed by atoms with Crippen LogP contribution in [-0.4, -0.2) is 17.0 Å². The number of carbonyl (C=O) groups is 2. The first-order valence-electron chi connectivity index (χ1n) is 6.59. The molecule has 1 amide bonds. The van der Waals surface area contributed by atoms with Gasteiger partial charge < -0.3 is 10.4 Å². The Morgan fingerprint density at radius 2 is 1.95 bits per heavy atom. The van der Waals surface area contributed by atoms with E-state index in [0.29, 0.717) is 0 Å². The summed E-state index contributed by atoms with van der Waals surface area (Å²) in [4.78, 5) is 22.5. The molecule has 0 heterocycles. The average molecular weight is 275 g/mol. The van der Waals surface area contributed by atoms with Crippen molar-refractivity contribution >= 4 is 23.6 Å². The largest absolute Gasteiger partial charge is 0.478 e. The Morgan fingerprint density at radius 1 is 1.30 bits per heavy atom. The fourth-order valence-electron chi connectivity index (χ4n) is 1.61. The third-order valence-corrected chi connectivity index (χ3v) is 2.86. The first-order valence-corrected chi connectivity index (χ1v) is 6.59. The van der Waals surface area contributed by atoms with E-state index in [-0.39, 0.29) is 5.91 Å². The molecule has 108 valence electrons. The summed E-state index contributed by atoms with van der Waals surface area (Å²) in [5.41, 5.74) is 2.11. The zero-order valence-electron chi connectivity index (χ0n) is 12.4. The highest BCUT2D eigenvalue weighted by molar-refractivity contribution is 5.95. The number of carboxylic acids is 1. The maximum absolute atomic E-state index is 12.0. The molecule has 0 aromatic heterocycles. The van der Waals surface area contributed by atoms with Crippen molar-refractivity contribution in [2.24, 2.45) is 5.41 Å². The van der Waals surface area contributed by atoms with Gasteiger partial charge in [0, 0.05) is 17.2 Å². The predicted molar refractivity (Wildman–Crippen MR) is 80.6 cm³/mol. The van der Waals surface area contributed by atoms with Gasteiger partial charge in [-0.25, -0.2) is 4.79 Å². The van der Waals surface area contributed by atoms with Crippen molar-refractivity contribution in [3.8, 4) is 0 Å². The molecule has 0 spiro atoms. The molecular weight excluding hydrogens is 254 g/mol. The summed E-state index contributed by atoms with van der Waals surface area (Å²) in [6.07, 6.45) is 3.40. The van der Waals surface area contributed by atoms with Gasteiger partial charge in [0.15, 0.2) is 0 Å². The summed E-state index contributed by atoms with van der Waals surface area (Å²) >= 11 is 0. The maximum atomic E-state index is 12.0. The molecule has 0 fully saturated rings. The normalized spacial score (nSPS) is 11.6. The number of hydrogen-bond donors (Lipinski definition) is 2. The monoisotopic (exact) mass is 275 g/mol. The van der Waals surface area contributed by atoms with E-state index < -0.39 is 11.4 Å². The second-order valence-corrected chi connectivity index (χ2v) is 5.65. The van der Waals surface area contributed by atoms with Gasteiger partial charge >= 0.3 is 5.97 Å². The quantitative estimate of drug-likeness (QED) is 0.828. The molecule has 4 heteroatoms. The molecule has 0 aliphatic carbocycles. The van der Waals surface area contributed by atoms with Crippen molar-refractivity contribution in [2.45, 2.75) is 34.1 Å². The Hall–Kier alpha value is -2.10. The molecule has 0 atom stereocenters. The Balaban J connectivity index is 3.00. The number of anilines is 1. The van der Waals surface area contributed by atoms with Gasteiger partial charge in [-0.05, 0) is 35.8 Å².